The van der Waals surface area contributed by atoms with E-state index in [0.29, 0.717) is 5.92 Å². The summed E-state index contributed by atoms with van der Waals surface area (Å²) in [5.41, 5.74) is 1.07. The van der Waals surface area contributed by atoms with E-state index in [0.717, 1.165) is 42.9 Å². The van der Waals surface area contributed by atoms with Crippen LogP contribution in [0.15, 0.2) is 6.07 Å². The van der Waals surface area contributed by atoms with Gasteiger partial charge in [-0.25, -0.2) is 9.97 Å². The van der Waals surface area contributed by atoms with Gasteiger partial charge in [-0.15, -0.1) is 0 Å². The molecule has 4 heteroatoms. The fraction of sp³-hybridized carbons (Fsp3) is 0.733. The predicted molar refractivity (Wildman–Crippen MR) is 79.7 cm³/mol. The molecule has 1 atom stereocenters. The molecule has 106 valence electrons. The van der Waals surface area contributed by atoms with Gasteiger partial charge in [0, 0.05) is 30.8 Å². The Kier molecular flexibility index (Phi) is 4.75. The SMILES string of the molecule is CNCC1CCCN(c2cc(C)nc(C(C)C)n2)C1. The number of aryl methyl sites for hydroxylation is 1. The number of hydrogen-bond donors (Lipinski definition) is 1. The normalized spacial score (nSPS) is 20.1. The van der Waals surface area contributed by atoms with Gasteiger partial charge < -0.3 is 10.2 Å². The van der Waals surface area contributed by atoms with Crippen LogP contribution >= 0.6 is 0 Å². The second kappa shape index (κ2) is 6.33. The number of hydrogen-bond acceptors (Lipinski definition) is 4. The summed E-state index contributed by atoms with van der Waals surface area (Å²) in [5, 5.41) is 3.29. The minimum atomic E-state index is 0.386. The average Bonchev–Trinajstić information content (AvgIpc) is 2.38. The number of nitrogens with one attached hydrogen (secondary N) is 1. The minimum Gasteiger partial charge on any atom is -0.356 e. The van der Waals surface area contributed by atoms with Gasteiger partial charge in [0.15, 0.2) is 0 Å². The smallest absolute Gasteiger partial charge is 0.133 e. The largest absolute Gasteiger partial charge is 0.356 e. The lowest BCUT2D eigenvalue weighted by Gasteiger charge is -2.34. The summed E-state index contributed by atoms with van der Waals surface area (Å²) in [6, 6.07) is 2.12. The third kappa shape index (κ3) is 3.66. The van der Waals surface area contributed by atoms with E-state index in [2.05, 4.69) is 42.0 Å². The third-order valence-electron chi connectivity index (χ3n) is 3.71. The number of piperidine rings is 1. The Labute approximate surface area is 116 Å². The molecular formula is C15H26N4. The van der Waals surface area contributed by atoms with Crippen LogP contribution < -0.4 is 10.2 Å². The Morgan fingerprint density at radius 1 is 1.42 bits per heavy atom. The van der Waals surface area contributed by atoms with Crippen molar-refractivity contribution in [2.24, 2.45) is 5.92 Å². The summed E-state index contributed by atoms with van der Waals surface area (Å²) in [7, 11) is 2.03. The van der Waals surface area contributed by atoms with E-state index < -0.39 is 0 Å². The maximum Gasteiger partial charge on any atom is 0.133 e. The van der Waals surface area contributed by atoms with Gasteiger partial charge >= 0.3 is 0 Å². The van der Waals surface area contributed by atoms with Crippen LogP contribution in [0.4, 0.5) is 5.82 Å². The highest BCUT2D eigenvalue weighted by Crippen LogP contribution is 2.23. The lowest BCUT2D eigenvalue weighted by atomic mass is 9.98. The van der Waals surface area contributed by atoms with Crippen LogP contribution in [0.2, 0.25) is 0 Å². The molecule has 1 aromatic heterocycles. The molecule has 1 aliphatic rings. The molecule has 0 bridgehead atoms. The van der Waals surface area contributed by atoms with Crippen molar-refractivity contribution >= 4 is 5.82 Å². The number of anilines is 1. The molecular weight excluding hydrogens is 236 g/mol. The predicted octanol–water partition coefficient (Wildman–Crippen LogP) is 2.34. The van der Waals surface area contributed by atoms with Gasteiger partial charge in [-0.3, -0.25) is 0 Å². The van der Waals surface area contributed by atoms with E-state index in [1.807, 2.05) is 7.05 Å². The van der Waals surface area contributed by atoms with Crippen LogP contribution in [0.3, 0.4) is 0 Å². The van der Waals surface area contributed by atoms with E-state index in [1.165, 1.54) is 12.8 Å². The van der Waals surface area contributed by atoms with Crippen LogP contribution in [0, 0.1) is 12.8 Å². The zero-order valence-electron chi connectivity index (χ0n) is 12.6. The lowest BCUT2D eigenvalue weighted by Crippen LogP contribution is -2.39. The van der Waals surface area contributed by atoms with Crippen LogP contribution in [-0.4, -0.2) is 36.6 Å². The van der Waals surface area contributed by atoms with Crippen molar-refractivity contribution < 1.29 is 0 Å². The zero-order valence-corrected chi connectivity index (χ0v) is 12.6. The molecule has 1 fully saturated rings. The highest BCUT2D eigenvalue weighted by molar-refractivity contribution is 5.40. The summed E-state index contributed by atoms with van der Waals surface area (Å²) < 4.78 is 0. The molecule has 0 aliphatic carbocycles. The first-order valence-corrected chi connectivity index (χ1v) is 7.35. The van der Waals surface area contributed by atoms with Crippen molar-refractivity contribution in [3.8, 4) is 0 Å². The summed E-state index contributed by atoms with van der Waals surface area (Å²) in [5.74, 6) is 3.19. The van der Waals surface area contributed by atoms with Gasteiger partial charge in [0.1, 0.15) is 11.6 Å². The molecule has 0 spiro atoms. The van der Waals surface area contributed by atoms with E-state index in [9.17, 15) is 0 Å². The molecule has 4 nitrogen and oxygen atoms in total. The first-order valence-electron chi connectivity index (χ1n) is 7.35. The van der Waals surface area contributed by atoms with Gasteiger partial charge in [0.05, 0.1) is 0 Å². The minimum absolute atomic E-state index is 0.386. The van der Waals surface area contributed by atoms with Crippen molar-refractivity contribution in [1.82, 2.24) is 15.3 Å². The van der Waals surface area contributed by atoms with Crippen LogP contribution in [0.5, 0.6) is 0 Å². The van der Waals surface area contributed by atoms with Gasteiger partial charge in [-0.1, -0.05) is 13.8 Å². The van der Waals surface area contributed by atoms with Gasteiger partial charge in [-0.2, -0.15) is 0 Å². The van der Waals surface area contributed by atoms with E-state index >= 15 is 0 Å². The van der Waals surface area contributed by atoms with Gasteiger partial charge in [-0.05, 0) is 39.3 Å². The average molecular weight is 262 g/mol. The van der Waals surface area contributed by atoms with E-state index in [-0.39, 0.29) is 0 Å². The highest BCUT2D eigenvalue weighted by atomic mass is 15.2. The van der Waals surface area contributed by atoms with Crippen LogP contribution in [0.1, 0.15) is 44.1 Å². The lowest BCUT2D eigenvalue weighted by molar-refractivity contribution is 0.400. The quantitative estimate of drug-likeness (QED) is 0.904. The molecule has 1 N–H and O–H groups in total. The molecule has 1 aliphatic heterocycles. The molecule has 19 heavy (non-hydrogen) atoms. The fourth-order valence-electron chi connectivity index (χ4n) is 2.72. The summed E-state index contributed by atoms with van der Waals surface area (Å²) in [6.45, 7) is 9.68. The Hall–Kier alpha value is -1.16. The number of rotatable bonds is 4. The standard InChI is InChI=1S/C15H26N4/c1-11(2)15-17-12(3)8-14(18-15)19-7-5-6-13(10-19)9-16-4/h8,11,13,16H,5-7,9-10H2,1-4H3. The maximum absolute atomic E-state index is 4.75. The van der Waals surface area contributed by atoms with Gasteiger partial charge in [0.2, 0.25) is 0 Å². The Bertz CT molecular complexity index is 415. The summed E-state index contributed by atoms with van der Waals surface area (Å²) >= 11 is 0. The van der Waals surface area contributed by atoms with Crippen LogP contribution in [-0.2, 0) is 0 Å². The number of aromatic nitrogens is 2. The first kappa shape index (κ1) is 14.3. The molecule has 2 rings (SSSR count). The topological polar surface area (TPSA) is 41.0 Å². The Morgan fingerprint density at radius 2 is 2.21 bits per heavy atom. The number of nitrogens with zero attached hydrogens (tertiary/aromatic N) is 3. The molecule has 0 radical (unpaired) electrons. The van der Waals surface area contributed by atoms with Crippen molar-refractivity contribution in [3.05, 3.63) is 17.6 Å². The summed E-state index contributed by atoms with van der Waals surface area (Å²) in [6.07, 6.45) is 2.57. The molecule has 1 unspecified atom stereocenters. The third-order valence-corrected chi connectivity index (χ3v) is 3.71. The second-order valence-electron chi connectivity index (χ2n) is 5.89. The molecule has 2 heterocycles. The molecule has 1 aromatic rings. The van der Waals surface area contributed by atoms with Crippen LogP contribution in [0.25, 0.3) is 0 Å². The Balaban J connectivity index is 2.16. The van der Waals surface area contributed by atoms with Crippen molar-refractivity contribution in [2.75, 3.05) is 31.6 Å². The van der Waals surface area contributed by atoms with E-state index in [4.69, 9.17) is 4.98 Å². The second-order valence-corrected chi connectivity index (χ2v) is 5.89. The summed E-state index contributed by atoms with van der Waals surface area (Å²) in [4.78, 5) is 11.7. The molecule has 0 amide bonds. The molecule has 1 saturated heterocycles. The van der Waals surface area contributed by atoms with Crippen molar-refractivity contribution in [2.45, 2.75) is 39.5 Å². The molecule has 0 aromatic carbocycles. The zero-order chi connectivity index (χ0) is 13.8. The van der Waals surface area contributed by atoms with Crippen molar-refractivity contribution in [3.63, 3.8) is 0 Å². The van der Waals surface area contributed by atoms with E-state index in [1.54, 1.807) is 0 Å². The monoisotopic (exact) mass is 262 g/mol. The van der Waals surface area contributed by atoms with Crippen molar-refractivity contribution in [1.29, 1.82) is 0 Å². The first-order chi connectivity index (χ1) is 9.10. The highest BCUT2D eigenvalue weighted by Gasteiger charge is 2.21. The van der Waals surface area contributed by atoms with Gasteiger partial charge in [0.25, 0.3) is 0 Å². The molecule has 0 saturated carbocycles. The fourth-order valence-corrected chi connectivity index (χ4v) is 2.72. The Morgan fingerprint density at radius 3 is 2.89 bits per heavy atom. The maximum atomic E-state index is 4.75.